The molecule has 0 N–H and O–H groups in total. The molecule has 0 radical (unpaired) electrons. The predicted octanol–water partition coefficient (Wildman–Crippen LogP) is 2.78. The molecule has 14 heavy (non-hydrogen) atoms. The maximum Gasteiger partial charge on any atom is 0.288 e. The molecule has 0 unspecified atom stereocenters. The zero-order chi connectivity index (χ0) is 9.26. The van der Waals surface area contributed by atoms with Gasteiger partial charge in [-0.05, 0) is 6.07 Å². The number of hydrogen-bond acceptors (Lipinski definition) is 3. The second-order valence-electron chi connectivity index (χ2n) is 2.64. The van der Waals surface area contributed by atoms with Gasteiger partial charge in [0, 0.05) is 11.5 Å². The van der Waals surface area contributed by atoms with Crippen LogP contribution in [0.2, 0.25) is 0 Å². The summed E-state index contributed by atoms with van der Waals surface area (Å²) in [6, 6.07) is 8.81. The zero-order valence-electron chi connectivity index (χ0n) is 6.68. The van der Waals surface area contributed by atoms with E-state index in [4.69, 9.17) is 0 Å². The Morgan fingerprint density at radius 2 is 2.00 bits per heavy atom. The van der Waals surface area contributed by atoms with Crippen LogP contribution in [0.1, 0.15) is 7.43 Å². The van der Waals surface area contributed by atoms with E-state index in [1.54, 1.807) is 6.07 Å². The topological polar surface area (TPSA) is 56.0 Å². The summed E-state index contributed by atoms with van der Waals surface area (Å²) in [4.78, 5) is 13.9. The summed E-state index contributed by atoms with van der Waals surface area (Å²) < 4.78 is 0. The maximum atomic E-state index is 10.4. The van der Waals surface area contributed by atoms with Crippen LogP contribution in [0.4, 0.5) is 5.69 Å². The first-order valence-electron chi connectivity index (χ1n) is 3.76. The molecule has 4 heteroatoms. The molecular formula is C10H10N2O2. The molecule has 0 amide bonds. The molecule has 0 aliphatic heterocycles. The molecule has 0 saturated carbocycles. The van der Waals surface area contributed by atoms with Crippen LogP contribution in [-0.2, 0) is 0 Å². The van der Waals surface area contributed by atoms with Gasteiger partial charge < -0.3 is 0 Å². The van der Waals surface area contributed by atoms with Gasteiger partial charge in [0.1, 0.15) is 6.20 Å². The Bertz CT molecular complexity index is 468. The molecular weight excluding hydrogens is 180 g/mol. The maximum absolute atomic E-state index is 10.4. The molecule has 2 rings (SSSR count). The quantitative estimate of drug-likeness (QED) is 0.513. The van der Waals surface area contributed by atoms with Crippen LogP contribution in [-0.4, -0.2) is 9.91 Å². The summed E-state index contributed by atoms with van der Waals surface area (Å²) in [5.41, 5.74) is 0.798. The van der Waals surface area contributed by atoms with Crippen LogP contribution >= 0.6 is 0 Å². The molecule has 0 fully saturated rings. The lowest BCUT2D eigenvalue weighted by atomic mass is 10.2. The van der Waals surface area contributed by atoms with Crippen molar-refractivity contribution in [3.63, 3.8) is 0 Å². The van der Waals surface area contributed by atoms with Crippen molar-refractivity contribution in [1.82, 2.24) is 4.98 Å². The molecule has 0 spiro atoms. The van der Waals surface area contributed by atoms with Gasteiger partial charge in [0.05, 0.1) is 10.4 Å². The number of benzene rings is 1. The van der Waals surface area contributed by atoms with E-state index in [0.29, 0.717) is 0 Å². The van der Waals surface area contributed by atoms with E-state index in [-0.39, 0.29) is 13.1 Å². The van der Waals surface area contributed by atoms with Gasteiger partial charge in [-0.1, -0.05) is 25.6 Å². The summed E-state index contributed by atoms with van der Waals surface area (Å²) in [5.74, 6) is 0. The fourth-order valence-corrected chi connectivity index (χ4v) is 1.16. The molecule has 4 nitrogen and oxygen atoms in total. The molecule has 0 aliphatic carbocycles. The highest BCUT2D eigenvalue weighted by atomic mass is 16.6. The smallest absolute Gasteiger partial charge is 0.258 e. The predicted molar refractivity (Wildman–Crippen MR) is 55.1 cm³/mol. The van der Waals surface area contributed by atoms with Gasteiger partial charge in [-0.15, -0.1) is 0 Å². The molecule has 72 valence electrons. The van der Waals surface area contributed by atoms with Gasteiger partial charge in [-0.25, -0.2) is 4.98 Å². The van der Waals surface area contributed by atoms with Gasteiger partial charge in [0.15, 0.2) is 0 Å². The van der Waals surface area contributed by atoms with E-state index in [1.165, 1.54) is 12.3 Å². The van der Waals surface area contributed by atoms with E-state index < -0.39 is 4.92 Å². The third-order valence-electron chi connectivity index (χ3n) is 1.79. The minimum atomic E-state index is -0.445. The fourth-order valence-electron chi connectivity index (χ4n) is 1.16. The zero-order valence-corrected chi connectivity index (χ0v) is 6.68. The lowest BCUT2D eigenvalue weighted by Crippen LogP contribution is -1.88. The van der Waals surface area contributed by atoms with E-state index in [1.807, 2.05) is 18.2 Å². The summed E-state index contributed by atoms with van der Waals surface area (Å²) >= 11 is 0. The molecule has 2 aromatic rings. The molecule has 1 heterocycles. The molecule has 0 atom stereocenters. The summed E-state index contributed by atoms with van der Waals surface area (Å²) in [7, 11) is 0. The number of nitrogens with zero attached hydrogens (tertiary/aromatic N) is 2. The lowest BCUT2D eigenvalue weighted by molar-refractivity contribution is -0.385. The van der Waals surface area contributed by atoms with Crippen LogP contribution in [0.25, 0.3) is 10.9 Å². The van der Waals surface area contributed by atoms with Crippen molar-refractivity contribution in [1.29, 1.82) is 0 Å². The highest BCUT2D eigenvalue weighted by molar-refractivity contribution is 5.80. The molecule has 0 aliphatic rings. The Kier molecular flexibility index (Phi) is 2.76. The van der Waals surface area contributed by atoms with Crippen molar-refractivity contribution < 1.29 is 4.92 Å². The van der Waals surface area contributed by atoms with Crippen LogP contribution in [0, 0.1) is 10.1 Å². The molecule has 0 saturated heterocycles. The van der Waals surface area contributed by atoms with Gasteiger partial charge in [0.25, 0.3) is 5.69 Å². The van der Waals surface area contributed by atoms with Crippen molar-refractivity contribution in [2.24, 2.45) is 0 Å². The van der Waals surface area contributed by atoms with Gasteiger partial charge in [-0.2, -0.15) is 0 Å². The number of pyridine rings is 1. The Balaban J connectivity index is 0.000000980. The van der Waals surface area contributed by atoms with Crippen molar-refractivity contribution in [3.8, 4) is 0 Å². The van der Waals surface area contributed by atoms with Crippen molar-refractivity contribution >= 4 is 16.6 Å². The second kappa shape index (κ2) is 3.83. The van der Waals surface area contributed by atoms with Gasteiger partial charge >= 0.3 is 0 Å². The highest BCUT2D eigenvalue weighted by Gasteiger charge is 2.05. The number of aromatic nitrogens is 1. The first kappa shape index (κ1) is 10.1. The minimum absolute atomic E-state index is 0. The highest BCUT2D eigenvalue weighted by Crippen LogP contribution is 2.17. The van der Waals surface area contributed by atoms with Gasteiger partial charge in [0.2, 0.25) is 0 Å². The van der Waals surface area contributed by atoms with E-state index in [9.17, 15) is 10.1 Å². The largest absolute Gasteiger partial charge is 0.288 e. The lowest BCUT2D eigenvalue weighted by Gasteiger charge is -1.94. The molecule has 1 aromatic heterocycles. The van der Waals surface area contributed by atoms with Crippen LogP contribution in [0.15, 0.2) is 36.5 Å². The number of para-hydroxylation sites is 1. The summed E-state index contributed by atoms with van der Waals surface area (Å²) in [5, 5.41) is 11.2. The monoisotopic (exact) mass is 190 g/mol. The third kappa shape index (κ3) is 1.69. The minimum Gasteiger partial charge on any atom is -0.258 e. The van der Waals surface area contributed by atoms with Crippen LogP contribution in [0.5, 0.6) is 0 Å². The van der Waals surface area contributed by atoms with Crippen LogP contribution in [0.3, 0.4) is 0 Å². The van der Waals surface area contributed by atoms with Crippen molar-refractivity contribution in [2.75, 3.05) is 0 Å². The Labute approximate surface area is 81.4 Å². The second-order valence-corrected chi connectivity index (χ2v) is 2.64. The standard InChI is InChI=1S/C9H6N2O2.CH4/c12-11(13)8-5-7-3-1-2-4-9(7)10-6-8;/h1-6H;1H4. The normalized spacial score (nSPS) is 9.43. The van der Waals surface area contributed by atoms with Crippen molar-refractivity contribution in [2.45, 2.75) is 7.43 Å². The Hall–Kier alpha value is -1.97. The van der Waals surface area contributed by atoms with E-state index >= 15 is 0 Å². The Morgan fingerprint density at radius 1 is 1.29 bits per heavy atom. The number of nitro groups is 1. The summed E-state index contributed by atoms with van der Waals surface area (Å²) in [6.45, 7) is 0. The first-order valence-corrected chi connectivity index (χ1v) is 3.76. The summed E-state index contributed by atoms with van der Waals surface area (Å²) in [6.07, 6.45) is 1.27. The third-order valence-corrected chi connectivity index (χ3v) is 1.79. The van der Waals surface area contributed by atoms with Crippen LogP contribution < -0.4 is 0 Å². The molecule has 1 aromatic carbocycles. The fraction of sp³-hybridized carbons (Fsp3) is 0.100. The average molecular weight is 190 g/mol. The van der Waals surface area contributed by atoms with Gasteiger partial charge in [-0.3, -0.25) is 10.1 Å². The van der Waals surface area contributed by atoms with E-state index in [2.05, 4.69) is 4.98 Å². The SMILES string of the molecule is C.O=[N+]([O-])c1cnc2ccccc2c1. The molecule has 0 bridgehead atoms. The average Bonchev–Trinajstić information content (AvgIpc) is 2.17. The Morgan fingerprint density at radius 3 is 2.71 bits per heavy atom. The number of hydrogen-bond donors (Lipinski definition) is 0. The van der Waals surface area contributed by atoms with Crippen molar-refractivity contribution in [3.05, 3.63) is 46.6 Å². The number of fused-ring (bicyclic) bond motifs is 1. The van der Waals surface area contributed by atoms with E-state index in [0.717, 1.165) is 10.9 Å². The number of rotatable bonds is 1. The first-order chi connectivity index (χ1) is 6.27.